The van der Waals surface area contributed by atoms with Crippen LogP contribution in [0.4, 0.5) is 14.6 Å². The standard InChI is InChI=1S/C41H49F2N5O6/c1-3-28-31(42)8-7-24-12-26(50)13-29(33(24)28)35-34(43)36-30(16-44-35)37(47-17-27(18-49)53-20-39(2,51)19-47)46-38(45-36)54-23-41-9-4-6-32(41)48(11-5-10-41)25-14-40(15-25)21-52-22-40/h7-8,12-13,16,25,27,32,49-51H,3-6,9-11,14-15,17-23H2,1-2H3/t27-,32-,39+,41-/m1/s1. The van der Waals surface area contributed by atoms with Crippen molar-refractivity contribution in [2.45, 2.75) is 89.0 Å². The minimum absolute atomic E-state index is 0.00565. The third kappa shape index (κ3) is 6.07. The van der Waals surface area contributed by atoms with Gasteiger partial charge in [0.05, 0.1) is 51.1 Å². The van der Waals surface area contributed by atoms with Crippen molar-refractivity contribution in [2.75, 3.05) is 57.6 Å². The van der Waals surface area contributed by atoms with Crippen molar-refractivity contribution in [2.24, 2.45) is 10.8 Å². The molecule has 0 amide bonds. The summed E-state index contributed by atoms with van der Waals surface area (Å²) in [7, 11) is 0. The summed E-state index contributed by atoms with van der Waals surface area (Å²) in [5, 5.41) is 33.4. The third-order valence-electron chi connectivity index (χ3n) is 13.0. The molecule has 2 aliphatic carbocycles. The largest absolute Gasteiger partial charge is 0.508 e. The van der Waals surface area contributed by atoms with Gasteiger partial charge in [-0.25, -0.2) is 8.78 Å². The quantitative estimate of drug-likeness (QED) is 0.210. The number of phenols is 1. The van der Waals surface area contributed by atoms with Gasteiger partial charge in [-0.15, -0.1) is 0 Å². The molecule has 5 heterocycles. The number of aryl methyl sites for hydroxylation is 1. The van der Waals surface area contributed by atoms with Gasteiger partial charge in [0.15, 0.2) is 5.82 Å². The van der Waals surface area contributed by atoms with Gasteiger partial charge in [-0.2, -0.15) is 9.97 Å². The van der Waals surface area contributed by atoms with Crippen LogP contribution in [0.25, 0.3) is 32.9 Å². The SMILES string of the molecule is CCc1c(F)ccc2cc(O)cc(-c3ncc4c(N5C[C@H](CO)OC[C@@](C)(O)C5)nc(OC[C@]56CCC[C@H]5N(C5CC7(COC7)C5)CCC6)nc4c3F)c12. The number of hydrogen-bond acceptors (Lipinski definition) is 11. The van der Waals surface area contributed by atoms with Crippen molar-refractivity contribution in [3.63, 3.8) is 0 Å². The predicted molar refractivity (Wildman–Crippen MR) is 199 cm³/mol. The van der Waals surface area contributed by atoms with Crippen LogP contribution in [-0.4, -0.2) is 112 Å². The highest BCUT2D eigenvalue weighted by atomic mass is 19.1. The number of hydrogen-bond donors (Lipinski definition) is 3. The van der Waals surface area contributed by atoms with E-state index in [2.05, 4.69) is 9.88 Å². The number of phenolic OH excluding ortho intramolecular Hbond substituents is 1. The van der Waals surface area contributed by atoms with E-state index in [0.717, 1.165) is 51.9 Å². The number of aromatic nitrogens is 3. The van der Waals surface area contributed by atoms with Gasteiger partial charge in [0, 0.05) is 41.2 Å². The number of rotatable bonds is 8. The Bertz CT molecular complexity index is 2090. The van der Waals surface area contributed by atoms with Crippen LogP contribution in [0.3, 0.4) is 0 Å². The lowest BCUT2D eigenvalue weighted by Crippen LogP contribution is -2.64. The maximum Gasteiger partial charge on any atom is 0.319 e. The Labute approximate surface area is 313 Å². The number of β-amino-alcohol motifs (C(OH)–C–C–N with tert-alkyl or cyclic N) is 1. The second kappa shape index (κ2) is 13.5. The smallest absolute Gasteiger partial charge is 0.319 e. The first-order valence-electron chi connectivity index (χ1n) is 19.5. The van der Waals surface area contributed by atoms with Crippen LogP contribution in [0.1, 0.15) is 64.4 Å². The lowest BCUT2D eigenvalue weighted by molar-refractivity contribution is -0.196. The van der Waals surface area contributed by atoms with E-state index in [1.54, 1.807) is 17.9 Å². The number of pyridine rings is 1. The molecular formula is C41H49F2N5O6. The number of aliphatic hydroxyl groups is 2. The molecule has 0 unspecified atom stereocenters. The molecule has 3 saturated heterocycles. The number of ether oxygens (including phenoxy) is 3. The van der Waals surface area contributed by atoms with Crippen LogP contribution in [-0.2, 0) is 15.9 Å². The summed E-state index contributed by atoms with van der Waals surface area (Å²) in [6.07, 6.45) is 8.94. The van der Waals surface area contributed by atoms with Crippen LogP contribution in [0.2, 0.25) is 0 Å². The Morgan fingerprint density at radius 3 is 2.65 bits per heavy atom. The van der Waals surface area contributed by atoms with Gasteiger partial charge < -0.3 is 34.4 Å². The maximum atomic E-state index is 17.2. The van der Waals surface area contributed by atoms with Gasteiger partial charge in [0.2, 0.25) is 0 Å². The molecule has 5 aliphatic rings. The molecule has 13 heteroatoms. The van der Waals surface area contributed by atoms with E-state index in [9.17, 15) is 15.3 Å². The number of aliphatic hydroxyl groups excluding tert-OH is 1. The molecule has 3 N–H and O–H groups in total. The summed E-state index contributed by atoms with van der Waals surface area (Å²) >= 11 is 0. The van der Waals surface area contributed by atoms with Gasteiger partial charge in [0.1, 0.15) is 34.2 Å². The van der Waals surface area contributed by atoms with Crippen LogP contribution in [0.5, 0.6) is 11.8 Å². The predicted octanol–water partition coefficient (Wildman–Crippen LogP) is 5.53. The molecule has 1 spiro atoms. The average molecular weight is 746 g/mol. The molecule has 54 heavy (non-hydrogen) atoms. The fourth-order valence-electron chi connectivity index (χ4n) is 10.3. The number of anilines is 1. The molecule has 2 aromatic carbocycles. The molecule has 5 fully saturated rings. The fourth-order valence-corrected chi connectivity index (χ4v) is 10.3. The van der Waals surface area contributed by atoms with Gasteiger partial charge in [-0.1, -0.05) is 19.4 Å². The van der Waals surface area contributed by atoms with Crippen LogP contribution >= 0.6 is 0 Å². The third-order valence-corrected chi connectivity index (χ3v) is 13.0. The highest BCUT2D eigenvalue weighted by molar-refractivity contribution is 6.01. The summed E-state index contributed by atoms with van der Waals surface area (Å²) in [5.41, 5.74) is -0.513. The van der Waals surface area contributed by atoms with E-state index in [1.807, 2.05) is 6.92 Å². The maximum absolute atomic E-state index is 17.2. The molecule has 4 aromatic rings. The van der Waals surface area contributed by atoms with Crippen molar-refractivity contribution < 1.29 is 38.3 Å². The monoisotopic (exact) mass is 745 g/mol. The van der Waals surface area contributed by atoms with Crippen molar-refractivity contribution in [1.29, 1.82) is 0 Å². The fraction of sp³-hybridized carbons (Fsp3) is 0.585. The molecule has 9 rings (SSSR count). The number of benzene rings is 2. The zero-order chi connectivity index (χ0) is 37.4. The van der Waals surface area contributed by atoms with Crippen LogP contribution in [0.15, 0.2) is 30.5 Å². The minimum Gasteiger partial charge on any atom is -0.508 e. The number of piperidine rings is 1. The second-order valence-electron chi connectivity index (χ2n) is 16.9. The Morgan fingerprint density at radius 2 is 1.89 bits per heavy atom. The van der Waals surface area contributed by atoms with E-state index < -0.39 is 23.3 Å². The van der Waals surface area contributed by atoms with Gasteiger partial charge in [-0.05, 0) is 92.9 Å². The van der Waals surface area contributed by atoms with E-state index >= 15 is 8.78 Å². The topological polar surface area (TPSA) is 134 Å². The molecule has 11 nitrogen and oxygen atoms in total. The Hall–Kier alpha value is -3.75. The summed E-state index contributed by atoms with van der Waals surface area (Å²) in [4.78, 5) is 18.7. The van der Waals surface area contributed by atoms with Gasteiger partial charge >= 0.3 is 6.01 Å². The second-order valence-corrected chi connectivity index (χ2v) is 16.9. The number of nitrogens with zero attached hydrogens (tertiary/aromatic N) is 5. The van der Waals surface area contributed by atoms with Crippen molar-refractivity contribution in [3.05, 3.63) is 47.7 Å². The van der Waals surface area contributed by atoms with Crippen LogP contribution in [0, 0.1) is 22.5 Å². The molecule has 288 valence electrons. The average Bonchev–Trinajstić information content (AvgIpc) is 3.48. The molecule has 0 radical (unpaired) electrons. The lowest BCUT2D eigenvalue weighted by atomic mass is 9.62. The Kier molecular flexibility index (Phi) is 8.96. The molecule has 2 aromatic heterocycles. The highest BCUT2D eigenvalue weighted by Gasteiger charge is 2.56. The van der Waals surface area contributed by atoms with Gasteiger partial charge in [0.25, 0.3) is 0 Å². The first-order chi connectivity index (χ1) is 26.0. The summed E-state index contributed by atoms with van der Waals surface area (Å²) in [6.45, 7) is 6.66. The lowest BCUT2D eigenvalue weighted by Gasteiger charge is -2.60. The molecule has 0 bridgehead atoms. The molecule has 3 aliphatic heterocycles. The van der Waals surface area contributed by atoms with Crippen molar-refractivity contribution in [1.82, 2.24) is 19.9 Å². The van der Waals surface area contributed by atoms with E-state index in [0.29, 0.717) is 52.7 Å². The van der Waals surface area contributed by atoms with E-state index in [4.69, 9.17) is 24.2 Å². The Morgan fingerprint density at radius 1 is 1.07 bits per heavy atom. The number of fused-ring (bicyclic) bond motifs is 3. The van der Waals surface area contributed by atoms with Gasteiger partial charge in [-0.3, -0.25) is 9.88 Å². The number of likely N-dealkylation sites (tertiary alicyclic amines) is 1. The number of halogens is 2. The zero-order valence-electron chi connectivity index (χ0n) is 31.0. The first kappa shape index (κ1) is 35.9. The van der Waals surface area contributed by atoms with Crippen LogP contribution < -0.4 is 9.64 Å². The number of aromatic hydroxyl groups is 1. The van der Waals surface area contributed by atoms with Crippen molar-refractivity contribution in [3.8, 4) is 23.0 Å². The van der Waals surface area contributed by atoms with E-state index in [1.165, 1.54) is 37.2 Å². The molecular weight excluding hydrogens is 696 g/mol. The first-order valence-corrected chi connectivity index (χ1v) is 19.5. The zero-order valence-corrected chi connectivity index (χ0v) is 31.0. The minimum atomic E-state index is -1.30. The molecule has 4 atom stereocenters. The van der Waals surface area contributed by atoms with Crippen molar-refractivity contribution >= 4 is 27.5 Å². The summed E-state index contributed by atoms with van der Waals surface area (Å²) < 4.78 is 50.3. The Balaban J connectivity index is 1.13. The summed E-state index contributed by atoms with van der Waals surface area (Å²) in [5.74, 6) is -0.999. The normalized spacial score (nSPS) is 28.6. The summed E-state index contributed by atoms with van der Waals surface area (Å²) in [6, 6.07) is 6.80. The highest BCUT2D eigenvalue weighted by Crippen LogP contribution is 2.55. The van der Waals surface area contributed by atoms with E-state index in [-0.39, 0.29) is 65.6 Å². The molecule has 2 saturated carbocycles.